The maximum absolute atomic E-state index is 12.2. The summed E-state index contributed by atoms with van der Waals surface area (Å²) in [7, 11) is 0. The molecule has 0 saturated carbocycles. The maximum atomic E-state index is 12.2. The molecule has 1 unspecified atom stereocenters. The molecule has 4 nitrogen and oxygen atoms in total. The molecule has 3 rings (SSSR count). The number of hydrogen-bond acceptors (Lipinski definition) is 4. The zero-order chi connectivity index (χ0) is 15.5. The second-order valence-electron chi connectivity index (χ2n) is 5.76. The molecule has 0 aliphatic carbocycles. The van der Waals surface area contributed by atoms with E-state index in [0.29, 0.717) is 11.7 Å². The monoisotopic (exact) mass is 313 g/mol. The number of thioether (sulfide) groups is 1. The highest BCUT2D eigenvalue weighted by atomic mass is 32.2. The molecule has 2 aromatic rings. The van der Waals surface area contributed by atoms with Crippen molar-refractivity contribution in [3.63, 3.8) is 0 Å². The molecule has 1 saturated heterocycles. The minimum absolute atomic E-state index is 0.0283. The molecule has 0 spiro atoms. The Morgan fingerprint density at radius 1 is 1.23 bits per heavy atom. The van der Waals surface area contributed by atoms with Crippen LogP contribution in [-0.2, 0) is 4.79 Å². The minimum atomic E-state index is 0.0283. The molecule has 1 fully saturated rings. The Balaban J connectivity index is 2.00. The first-order chi connectivity index (χ1) is 10.7. The highest BCUT2D eigenvalue weighted by molar-refractivity contribution is 8.00. The first-order valence-corrected chi connectivity index (χ1v) is 8.49. The third kappa shape index (κ3) is 2.99. The van der Waals surface area contributed by atoms with E-state index in [0.717, 1.165) is 23.5 Å². The van der Waals surface area contributed by atoms with Crippen LogP contribution in [0.15, 0.2) is 42.7 Å². The molecule has 3 heterocycles. The average Bonchev–Trinajstić information content (AvgIpc) is 2.89. The lowest BCUT2D eigenvalue weighted by molar-refractivity contribution is -0.128. The van der Waals surface area contributed by atoms with Crippen molar-refractivity contribution in [2.45, 2.75) is 19.2 Å². The largest absolute Gasteiger partial charge is 0.325 e. The van der Waals surface area contributed by atoms with Gasteiger partial charge in [0.15, 0.2) is 0 Å². The molecule has 0 bridgehead atoms. The van der Waals surface area contributed by atoms with Crippen LogP contribution in [0.2, 0.25) is 0 Å². The van der Waals surface area contributed by atoms with E-state index in [2.05, 4.69) is 29.9 Å². The summed E-state index contributed by atoms with van der Waals surface area (Å²) in [6, 6.07) is 9.80. The normalized spacial score (nSPS) is 18.2. The fourth-order valence-electron chi connectivity index (χ4n) is 2.64. The lowest BCUT2D eigenvalue weighted by atomic mass is 10.1. The molecule has 1 aliphatic heterocycles. The SMILES string of the molecule is CC(C)CN1C(=O)CSC1c1cccnc1-c1ccccn1. The van der Waals surface area contributed by atoms with Crippen molar-refractivity contribution in [1.29, 1.82) is 0 Å². The number of rotatable bonds is 4. The molecular formula is C17H19N3OS. The van der Waals surface area contributed by atoms with E-state index in [1.54, 1.807) is 24.2 Å². The fraction of sp³-hybridized carbons (Fsp3) is 0.353. The van der Waals surface area contributed by atoms with Gasteiger partial charge >= 0.3 is 0 Å². The van der Waals surface area contributed by atoms with Crippen LogP contribution in [0.1, 0.15) is 24.8 Å². The number of amides is 1. The van der Waals surface area contributed by atoms with E-state index in [-0.39, 0.29) is 11.3 Å². The zero-order valence-electron chi connectivity index (χ0n) is 12.8. The topological polar surface area (TPSA) is 46.1 Å². The second-order valence-corrected chi connectivity index (χ2v) is 6.83. The first kappa shape index (κ1) is 15.0. The lowest BCUT2D eigenvalue weighted by Gasteiger charge is -2.27. The number of carbonyl (C=O) groups is 1. The van der Waals surface area contributed by atoms with Gasteiger partial charge < -0.3 is 4.90 Å². The Labute approximate surface area is 135 Å². The van der Waals surface area contributed by atoms with E-state index in [1.807, 2.05) is 29.2 Å². The van der Waals surface area contributed by atoms with Crippen molar-refractivity contribution in [1.82, 2.24) is 14.9 Å². The Bertz CT molecular complexity index is 660. The molecule has 0 N–H and O–H groups in total. The van der Waals surface area contributed by atoms with Crippen molar-refractivity contribution in [3.05, 3.63) is 48.3 Å². The molecule has 114 valence electrons. The third-order valence-corrected chi connectivity index (χ3v) is 4.78. The number of aromatic nitrogens is 2. The van der Waals surface area contributed by atoms with Crippen molar-refractivity contribution < 1.29 is 4.79 Å². The maximum Gasteiger partial charge on any atom is 0.233 e. The van der Waals surface area contributed by atoms with Crippen LogP contribution < -0.4 is 0 Å². The summed E-state index contributed by atoms with van der Waals surface area (Å²) >= 11 is 1.67. The Hall–Kier alpha value is -1.88. The molecule has 0 radical (unpaired) electrons. The van der Waals surface area contributed by atoms with Crippen molar-refractivity contribution in [2.75, 3.05) is 12.3 Å². The molecule has 5 heteroatoms. The Kier molecular flexibility index (Phi) is 4.43. The van der Waals surface area contributed by atoms with Crippen LogP contribution in [0.3, 0.4) is 0 Å². The van der Waals surface area contributed by atoms with Crippen LogP contribution >= 0.6 is 11.8 Å². The van der Waals surface area contributed by atoms with Gasteiger partial charge in [-0.2, -0.15) is 0 Å². The highest BCUT2D eigenvalue weighted by Gasteiger charge is 2.34. The van der Waals surface area contributed by atoms with Crippen LogP contribution in [0.25, 0.3) is 11.4 Å². The van der Waals surface area contributed by atoms with Gasteiger partial charge in [0, 0.05) is 24.5 Å². The predicted octanol–water partition coefficient (Wildman–Crippen LogP) is 3.37. The number of hydrogen-bond donors (Lipinski definition) is 0. The molecule has 2 aromatic heterocycles. The van der Waals surface area contributed by atoms with E-state index >= 15 is 0 Å². The van der Waals surface area contributed by atoms with E-state index in [1.165, 1.54) is 0 Å². The van der Waals surface area contributed by atoms with Gasteiger partial charge in [0.05, 0.1) is 17.1 Å². The summed E-state index contributed by atoms with van der Waals surface area (Å²) in [5.74, 6) is 1.19. The fourth-order valence-corrected chi connectivity index (χ4v) is 3.86. The Morgan fingerprint density at radius 3 is 2.77 bits per heavy atom. The van der Waals surface area contributed by atoms with Crippen LogP contribution in [-0.4, -0.2) is 33.1 Å². The average molecular weight is 313 g/mol. The molecule has 1 amide bonds. The number of carbonyl (C=O) groups excluding carboxylic acids is 1. The van der Waals surface area contributed by atoms with Gasteiger partial charge in [-0.1, -0.05) is 26.0 Å². The quantitative estimate of drug-likeness (QED) is 0.868. The standard InChI is InChI=1S/C17H19N3OS/c1-12(2)10-20-15(21)11-22-17(20)13-6-5-9-19-16(13)14-7-3-4-8-18-14/h3-9,12,17H,10-11H2,1-2H3. The van der Waals surface area contributed by atoms with Crippen molar-refractivity contribution in [2.24, 2.45) is 5.92 Å². The number of nitrogens with zero attached hydrogens (tertiary/aromatic N) is 3. The molecule has 0 aromatic carbocycles. The van der Waals surface area contributed by atoms with E-state index < -0.39 is 0 Å². The van der Waals surface area contributed by atoms with Gasteiger partial charge in [-0.05, 0) is 24.1 Å². The van der Waals surface area contributed by atoms with Crippen molar-refractivity contribution in [3.8, 4) is 11.4 Å². The Morgan fingerprint density at radius 2 is 2.05 bits per heavy atom. The van der Waals surface area contributed by atoms with Crippen LogP contribution in [0, 0.1) is 5.92 Å². The molecule has 22 heavy (non-hydrogen) atoms. The van der Waals surface area contributed by atoms with Gasteiger partial charge in [-0.15, -0.1) is 11.8 Å². The second kappa shape index (κ2) is 6.48. The highest BCUT2D eigenvalue weighted by Crippen LogP contribution is 2.41. The molecular weight excluding hydrogens is 294 g/mol. The summed E-state index contributed by atoms with van der Waals surface area (Å²) in [5, 5.41) is 0.0283. The predicted molar refractivity (Wildman–Crippen MR) is 89.2 cm³/mol. The lowest BCUT2D eigenvalue weighted by Crippen LogP contribution is -2.32. The van der Waals surface area contributed by atoms with Gasteiger partial charge in [0.25, 0.3) is 0 Å². The molecule has 1 aliphatic rings. The van der Waals surface area contributed by atoms with E-state index in [4.69, 9.17) is 0 Å². The van der Waals surface area contributed by atoms with Crippen molar-refractivity contribution >= 4 is 17.7 Å². The summed E-state index contributed by atoms with van der Waals surface area (Å²) < 4.78 is 0. The summed E-state index contributed by atoms with van der Waals surface area (Å²) in [6.45, 7) is 5.04. The summed E-state index contributed by atoms with van der Waals surface area (Å²) in [4.78, 5) is 23.1. The van der Waals surface area contributed by atoms with Gasteiger partial charge in [-0.3, -0.25) is 14.8 Å². The summed E-state index contributed by atoms with van der Waals surface area (Å²) in [5.41, 5.74) is 2.78. The van der Waals surface area contributed by atoms with Gasteiger partial charge in [-0.25, -0.2) is 0 Å². The summed E-state index contributed by atoms with van der Waals surface area (Å²) in [6.07, 6.45) is 3.55. The first-order valence-electron chi connectivity index (χ1n) is 7.44. The third-order valence-electron chi connectivity index (χ3n) is 3.54. The van der Waals surface area contributed by atoms with Gasteiger partial charge in [0.1, 0.15) is 5.37 Å². The van der Waals surface area contributed by atoms with E-state index in [9.17, 15) is 4.79 Å². The number of pyridine rings is 2. The minimum Gasteiger partial charge on any atom is -0.325 e. The molecule has 1 atom stereocenters. The van der Waals surface area contributed by atoms with Crippen LogP contribution in [0.5, 0.6) is 0 Å². The van der Waals surface area contributed by atoms with Crippen LogP contribution in [0.4, 0.5) is 0 Å². The zero-order valence-corrected chi connectivity index (χ0v) is 13.6. The smallest absolute Gasteiger partial charge is 0.233 e. The van der Waals surface area contributed by atoms with Gasteiger partial charge in [0.2, 0.25) is 5.91 Å².